The molecule has 1 aromatic carbocycles. The number of primary amides is 1. The summed E-state index contributed by atoms with van der Waals surface area (Å²) in [7, 11) is 1.79. The minimum Gasteiger partial charge on any atom is -0.381 e. The molecular formula is C20H26ClN5O3. The van der Waals surface area contributed by atoms with Gasteiger partial charge >= 0.3 is 0 Å². The van der Waals surface area contributed by atoms with Crippen molar-refractivity contribution in [1.29, 1.82) is 0 Å². The average molecular weight is 420 g/mol. The topological polar surface area (TPSA) is 97.7 Å². The summed E-state index contributed by atoms with van der Waals surface area (Å²) in [4.78, 5) is 19.8. The molecule has 156 valence electrons. The fraction of sp³-hybridized carbons (Fsp3) is 0.550. The van der Waals surface area contributed by atoms with Gasteiger partial charge in [0.2, 0.25) is 11.8 Å². The number of hydrogen-bond acceptors (Lipinski definition) is 7. The molecule has 1 aromatic heterocycles. The Morgan fingerprint density at radius 1 is 1.38 bits per heavy atom. The number of hydrogen-bond donors (Lipinski definition) is 1. The van der Waals surface area contributed by atoms with Gasteiger partial charge in [-0.25, -0.2) is 0 Å². The van der Waals surface area contributed by atoms with Crippen LogP contribution in [-0.4, -0.2) is 60.8 Å². The fourth-order valence-electron chi connectivity index (χ4n) is 4.21. The lowest BCUT2D eigenvalue weighted by molar-refractivity contribution is -0.119. The molecule has 0 radical (unpaired) electrons. The molecule has 2 N–H and O–H groups in total. The standard InChI is InChI=1S/C20H26ClN5O3/c1-25(11-17(22)27)12-18-23-20(24-29-18)15-10-26(9-13-5-7-28-8-6-13)19-14(15)3-2-4-16(19)21/h2-4,13,15H,5-12H2,1H3,(H2,22,27). The molecule has 1 atom stereocenters. The third-order valence-corrected chi connectivity index (χ3v) is 5.86. The van der Waals surface area contributed by atoms with E-state index in [1.54, 1.807) is 11.9 Å². The first kappa shape index (κ1) is 20.1. The molecule has 0 aliphatic carbocycles. The maximum atomic E-state index is 11.1. The van der Waals surface area contributed by atoms with Gasteiger partial charge in [-0.3, -0.25) is 9.69 Å². The maximum absolute atomic E-state index is 11.1. The summed E-state index contributed by atoms with van der Waals surface area (Å²) in [5.74, 6) is 1.31. The molecule has 1 saturated heterocycles. The minimum absolute atomic E-state index is 0.00230. The van der Waals surface area contributed by atoms with E-state index in [4.69, 9.17) is 26.6 Å². The molecule has 1 unspecified atom stereocenters. The van der Waals surface area contributed by atoms with Crippen LogP contribution in [0.2, 0.25) is 5.02 Å². The highest BCUT2D eigenvalue weighted by Gasteiger charge is 2.35. The summed E-state index contributed by atoms with van der Waals surface area (Å²) < 4.78 is 10.9. The first-order chi connectivity index (χ1) is 14.0. The number of ether oxygens (including phenoxy) is 1. The van der Waals surface area contributed by atoms with Crippen LogP contribution in [0.4, 0.5) is 5.69 Å². The van der Waals surface area contributed by atoms with Crippen LogP contribution in [0, 0.1) is 5.92 Å². The second-order valence-corrected chi connectivity index (χ2v) is 8.28. The number of anilines is 1. The summed E-state index contributed by atoms with van der Waals surface area (Å²) in [6.07, 6.45) is 2.14. The summed E-state index contributed by atoms with van der Waals surface area (Å²) in [5.41, 5.74) is 7.44. The zero-order valence-corrected chi connectivity index (χ0v) is 17.3. The van der Waals surface area contributed by atoms with Crippen LogP contribution >= 0.6 is 11.6 Å². The van der Waals surface area contributed by atoms with Crippen molar-refractivity contribution in [3.05, 3.63) is 40.5 Å². The Morgan fingerprint density at radius 2 is 2.17 bits per heavy atom. The number of carbonyl (C=O) groups is 1. The highest BCUT2D eigenvalue weighted by Crippen LogP contribution is 2.44. The lowest BCUT2D eigenvalue weighted by Crippen LogP contribution is -2.32. The number of rotatable bonds is 7. The maximum Gasteiger partial charge on any atom is 0.240 e. The highest BCUT2D eigenvalue weighted by atomic mass is 35.5. The first-order valence-electron chi connectivity index (χ1n) is 9.91. The Bertz CT molecular complexity index is 868. The Kier molecular flexibility index (Phi) is 6.03. The monoisotopic (exact) mass is 419 g/mol. The number of aromatic nitrogens is 2. The van der Waals surface area contributed by atoms with Gasteiger partial charge in [0.05, 0.1) is 29.7 Å². The van der Waals surface area contributed by atoms with E-state index in [1.165, 1.54) is 0 Å². The van der Waals surface area contributed by atoms with Crippen molar-refractivity contribution in [2.75, 3.05) is 44.8 Å². The van der Waals surface area contributed by atoms with Gasteiger partial charge < -0.3 is 19.9 Å². The Morgan fingerprint density at radius 3 is 2.93 bits per heavy atom. The zero-order valence-electron chi connectivity index (χ0n) is 16.5. The lowest BCUT2D eigenvalue weighted by atomic mass is 10.00. The number of nitrogens with two attached hydrogens (primary N) is 1. The van der Waals surface area contributed by atoms with E-state index >= 15 is 0 Å². The van der Waals surface area contributed by atoms with Crippen LogP contribution in [0.5, 0.6) is 0 Å². The lowest BCUT2D eigenvalue weighted by Gasteiger charge is -2.29. The Hall–Kier alpha value is -2.16. The summed E-state index contributed by atoms with van der Waals surface area (Å²) >= 11 is 6.58. The normalized spacial score (nSPS) is 19.7. The van der Waals surface area contributed by atoms with E-state index in [9.17, 15) is 4.79 Å². The quantitative estimate of drug-likeness (QED) is 0.733. The van der Waals surface area contributed by atoms with Crippen LogP contribution in [0.25, 0.3) is 0 Å². The molecule has 4 rings (SSSR count). The smallest absolute Gasteiger partial charge is 0.240 e. The van der Waals surface area contributed by atoms with Crippen molar-refractivity contribution in [3.63, 3.8) is 0 Å². The van der Waals surface area contributed by atoms with Gasteiger partial charge in [-0.1, -0.05) is 28.9 Å². The molecule has 2 aliphatic rings. The van der Waals surface area contributed by atoms with E-state index in [0.29, 0.717) is 24.2 Å². The van der Waals surface area contributed by atoms with E-state index in [0.717, 1.165) is 55.4 Å². The number of para-hydroxylation sites is 1. The molecule has 1 fully saturated rings. The van der Waals surface area contributed by atoms with Gasteiger partial charge in [-0.15, -0.1) is 0 Å². The van der Waals surface area contributed by atoms with E-state index in [1.807, 2.05) is 12.1 Å². The van der Waals surface area contributed by atoms with Gasteiger partial charge in [-0.05, 0) is 37.4 Å². The molecule has 0 saturated carbocycles. The van der Waals surface area contributed by atoms with Crippen LogP contribution in [0.1, 0.15) is 36.0 Å². The molecule has 2 aliphatic heterocycles. The molecule has 2 aromatic rings. The van der Waals surface area contributed by atoms with Gasteiger partial charge in [0.1, 0.15) is 0 Å². The first-order valence-corrected chi connectivity index (χ1v) is 10.3. The number of benzene rings is 1. The molecule has 3 heterocycles. The number of fused-ring (bicyclic) bond motifs is 1. The van der Waals surface area contributed by atoms with Gasteiger partial charge in [0.25, 0.3) is 0 Å². The van der Waals surface area contributed by atoms with Crippen LogP contribution in [0.3, 0.4) is 0 Å². The number of nitrogens with zero attached hydrogens (tertiary/aromatic N) is 4. The van der Waals surface area contributed by atoms with Crippen LogP contribution < -0.4 is 10.6 Å². The molecule has 9 heteroatoms. The molecular weight excluding hydrogens is 394 g/mol. The summed E-state index contributed by atoms with van der Waals surface area (Å²) in [5, 5.41) is 4.97. The van der Waals surface area contributed by atoms with Crippen molar-refractivity contribution in [1.82, 2.24) is 15.0 Å². The van der Waals surface area contributed by atoms with Gasteiger partial charge in [-0.2, -0.15) is 4.98 Å². The van der Waals surface area contributed by atoms with Crippen molar-refractivity contribution < 1.29 is 14.1 Å². The van der Waals surface area contributed by atoms with Crippen LogP contribution in [0.15, 0.2) is 22.7 Å². The van der Waals surface area contributed by atoms with E-state index < -0.39 is 5.91 Å². The number of likely N-dealkylation sites (N-methyl/N-ethyl adjacent to an activating group) is 1. The van der Waals surface area contributed by atoms with E-state index in [-0.39, 0.29) is 12.5 Å². The average Bonchev–Trinajstić information content (AvgIpc) is 3.27. The SMILES string of the molecule is CN(CC(N)=O)Cc1nc(C2CN(CC3CCOCC3)c3c(Cl)cccc32)no1. The number of carbonyl (C=O) groups excluding carboxylic acids is 1. The predicted octanol–water partition coefficient (Wildman–Crippen LogP) is 2.02. The molecule has 8 nitrogen and oxygen atoms in total. The largest absolute Gasteiger partial charge is 0.381 e. The second-order valence-electron chi connectivity index (χ2n) is 7.88. The minimum atomic E-state index is -0.393. The van der Waals surface area contributed by atoms with E-state index in [2.05, 4.69) is 21.1 Å². The molecule has 0 spiro atoms. The summed E-state index contributed by atoms with van der Waals surface area (Å²) in [6, 6.07) is 5.99. The number of halogens is 1. The van der Waals surface area contributed by atoms with Crippen molar-refractivity contribution in [2.45, 2.75) is 25.3 Å². The van der Waals surface area contributed by atoms with Crippen LogP contribution in [-0.2, 0) is 16.1 Å². The predicted molar refractivity (Wildman–Crippen MR) is 109 cm³/mol. The Balaban J connectivity index is 1.53. The number of amides is 1. The molecule has 0 bridgehead atoms. The fourth-order valence-corrected chi connectivity index (χ4v) is 4.51. The molecule has 29 heavy (non-hydrogen) atoms. The third-order valence-electron chi connectivity index (χ3n) is 5.56. The zero-order chi connectivity index (χ0) is 20.4. The molecule has 1 amide bonds. The van der Waals surface area contributed by atoms with Crippen molar-refractivity contribution in [3.8, 4) is 0 Å². The second kappa shape index (κ2) is 8.69. The third kappa shape index (κ3) is 4.55. The van der Waals surface area contributed by atoms with Gasteiger partial charge in [0, 0.05) is 26.3 Å². The van der Waals surface area contributed by atoms with Gasteiger partial charge in [0.15, 0.2) is 5.82 Å². The van der Waals surface area contributed by atoms with Crippen molar-refractivity contribution in [2.24, 2.45) is 11.7 Å². The highest BCUT2D eigenvalue weighted by molar-refractivity contribution is 6.33. The summed E-state index contributed by atoms with van der Waals surface area (Å²) in [6.45, 7) is 3.87. The van der Waals surface area contributed by atoms with Crippen molar-refractivity contribution >= 4 is 23.2 Å². The Labute approximate surface area is 174 Å².